The monoisotopic (exact) mass is 284 g/mol. The summed E-state index contributed by atoms with van der Waals surface area (Å²) >= 11 is 3.50. The van der Waals surface area contributed by atoms with Gasteiger partial charge in [0.1, 0.15) is 0 Å². The maximum absolute atomic E-state index is 6.02. The molecule has 0 aliphatic rings. The van der Waals surface area contributed by atoms with E-state index in [1.165, 1.54) is 11.3 Å². The van der Waals surface area contributed by atoms with Gasteiger partial charge in [-0.2, -0.15) is 0 Å². The van der Waals surface area contributed by atoms with E-state index in [1.54, 1.807) is 0 Å². The average Bonchev–Trinajstić information content (AvgIpc) is 2.26. The van der Waals surface area contributed by atoms with Crippen LogP contribution < -0.4 is 10.6 Å². The molecule has 0 fully saturated rings. The molecule has 1 aromatic carbocycles. The van der Waals surface area contributed by atoms with Crippen molar-refractivity contribution in [3.63, 3.8) is 0 Å². The maximum Gasteiger partial charge on any atom is 0.0415 e. The van der Waals surface area contributed by atoms with Crippen LogP contribution in [0.2, 0.25) is 0 Å². The molecular formula is C13H21BrN2. The van der Waals surface area contributed by atoms with Crippen molar-refractivity contribution in [2.75, 3.05) is 18.0 Å². The zero-order valence-electron chi connectivity index (χ0n) is 10.3. The Morgan fingerprint density at radius 3 is 2.56 bits per heavy atom. The van der Waals surface area contributed by atoms with E-state index in [-0.39, 0.29) is 6.04 Å². The summed E-state index contributed by atoms with van der Waals surface area (Å²) in [5.74, 6) is 0. The minimum Gasteiger partial charge on any atom is -0.372 e. The van der Waals surface area contributed by atoms with Crippen molar-refractivity contribution in [3.05, 3.63) is 28.2 Å². The van der Waals surface area contributed by atoms with Crippen molar-refractivity contribution in [2.45, 2.75) is 33.2 Å². The van der Waals surface area contributed by atoms with E-state index in [9.17, 15) is 0 Å². The van der Waals surface area contributed by atoms with Crippen molar-refractivity contribution < 1.29 is 0 Å². The Hall–Kier alpha value is -0.540. The molecule has 0 radical (unpaired) electrons. The molecule has 2 nitrogen and oxygen atoms in total. The molecule has 0 aromatic heterocycles. The summed E-state index contributed by atoms with van der Waals surface area (Å²) in [5.41, 5.74) is 8.50. The molecule has 1 rings (SSSR count). The molecule has 0 aliphatic heterocycles. The minimum absolute atomic E-state index is 0.0680. The third-order valence-electron chi connectivity index (χ3n) is 2.70. The predicted molar refractivity (Wildman–Crippen MR) is 74.9 cm³/mol. The fourth-order valence-corrected chi connectivity index (χ4v) is 2.28. The first kappa shape index (κ1) is 13.5. The number of nitrogens with zero attached hydrogens (tertiary/aromatic N) is 1. The smallest absolute Gasteiger partial charge is 0.0415 e. The topological polar surface area (TPSA) is 29.3 Å². The number of benzene rings is 1. The van der Waals surface area contributed by atoms with Crippen LogP contribution in [0, 0.1) is 0 Å². The van der Waals surface area contributed by atoms with Gasteiger partial charge >= 0.3 is 0 Å². The van der Waals surface area contributed by atoms with Crippen LogP contribution in [0.5, 0.6) is 0 Å². The molecule has 1 atom stereocenters. The highest BCUT2D eigenvalue weighted by molar-refractivity contribution is 9.10. The van der Waals surface area contributed by atoms with Gasteiger partial charge in [0, 0.05) is 29.3 Å². The highest BCUT2D eigenvalue weighted by Gasteiger charge is 2.12. The van der Waals surface area contributed by atoms with Gasteiger partial charge in [-0.25, -0.2) is 0 Å². The highest BCUT2D eigenvalue weighted by Crippen LogP contribution is 2.28. The van der Waals surface area contributed by atoms with Gasteiger partial charge in [0.2, 0.25) is 0 Å². The largest absolute Gasteiger partial charge is 0.372 e. The first-order valence-corrected chi connectivity index (χ1v) is 6.69. The molecule has 2 N–H and O–H groups in total. The summed E-state index contributed by atoms with van der Waals surface area (Å²) in [5, 5.41) is 0. The molecule has 90 valence electrons. The van der Waals surface area contributed by atoms with Crippen LogP contribution in [-0.4, -0.2) is 13.1 Å². The fourth-order valence-electron chi connectivity index (χ4n) is 1.90. The van der Waals surface area contributed by atoms with E-state index in [2.05, 4.69) is 52.9 Å². The van der Waals surface area contributed by atoms with Gasteiger partial charge in [0.25, 0.3) is 0 Å². The first-order valence-electron chi connectivity index (χ1n) is 5.90. The van der Waals surface area contributed by atoms with Gasteiger partial charge in [-0.3, -0.25) is 0 Å². The van der Waals surface area contributed by atoms with Crippen molar-refractivity contribution >= 4 is 21.6 Å². The van der Waals surface area contributed by atoms with Gasteiger partial charge in [-0.1, -0.05) is 22.9 Å². The number of hydrogen-bond acceptors (Lipinski definition) is 2. The number of hydrogen-bond donors (Lipinski definition) is 1. The van der Waals surface area contributed by atoms with Gasteiger partial charge in [-0.05, 0) is 44.0 Å². The van der Waals surface area contributed by atoms with Gasteiger partial charge in [-0.15, -0.1) is 0 Å². The highest BCUT2D eigenvalue weighted by atomic mass is 79.9. The Balaban J connectivity index is 3.09. The number of rotatable bonds is 5. The third-order valence-corrected chi connectivity index (χ3v) is 3.19. The Kier molecular flexibility index (Phi) is 5.29. The van der Waals surface area contributed by atoms with Crippen LogP contribution in [0.3, 0.4) is 0 Å². The van der Waals surface area contributed by atoms with Crippen molar-refractivity contribution in [1.82, 2.24) is 0 Å². The van der Waals surface area contributed by atoms with Crippen molar-refractivity contribution in [3.8, 4) is 0 Å². The normalized spacial score (nSPS) is 12.6. The van der Waals surface area contributed by atoms with Crippen LogP contribution in [0.15, 0.2) is 22.7 Å². The lowest BCUT2D eigenvalue weighted by Crippen LogP contribution is -2.25. The first-order chi connectivity index (χ1) is 7.60. The van der Waals surface area contributed by atoms with Gasteiger partial charge < -0.3 is 10.6 Å². The molecule has 0 spiro atoms. The second kappa shape index (κ2) is 6.26. The third kappa shape index (κ3) is 3.22. The second-order valence-corrected chi connectivity index (χ2v) is 4.99. The lowest BCUT2D eigenvalue weighted by molar-refractivity contribution is 0.760. The minimum atomic E-state index is 0.0680. The van der Waals surface area contributed by atoms with E-state index in [4.69, 9.17) is 5.73 Å². The van der Waals surface area contributed by atoms with Crippen LogP contribution in [0.1, 0.15) is 38.8 Å². The van der Waals surface area contributed by atoms with E-state index < -0.39 is 0 Å². The predicted octanol–water partition coefficient (Wildman–Crippen LogP) is 3.71. The lowest BCUT2D eigenvalue weighted by Gasteiger charge is -2.26. The standard InChI is InChI=1S/C13H21BrN2/c1-4-8-16(5-2)13-7-6-11(14)9-12(13)10(3)15/h6-7,9-10H,4-5,8,15H2,1-3H3. The molecule has 3 heteroatoms. The molecule has 0 amide bonds. The molecule has 0 saturated carbocycles. The number of anilines is 1. The fraction of sp³-hybridized carbons (Fsp3) is 0.538. The van der Waals surface area contributed by atoms with Crippen LogP contribution in [0.25, 0.3) is 0 Å². The summed E-state index contributed by atoms with van der Waals surface area (Å²) in [6, 6.07) is 6.43. The molecule has 16 heavy (non-hydrogen) atoms. The summed E-state index contributed by atoms with van der Waals surface area (Å²) in [6.07, 6.45) is 1.16. The summed E-state index contributed by atoms with van der Waals surface area (Å²) < 4.78 is 1.09. The van der Waals surface area contributed by atoms with E-state index in [0.29, 0.717) is 0 Å². The van der Waals surface area contributed by atoms with Crippen LogP contribution in [-0.2, 0) is 0 Å². The Labute approximate surface area is 107 Å². The number of nitrogens with two attached hydrogens (primary N) is 1. The van der Waals surface area contributed by atoms with Crippen molar-refractivity contribution in [1.29, 1.82) is 0 Å². The van der Waals surface area contributed by atoms with E-state index in [1.807, 2.05) is 6.92 Å². The van der Waals surface area contributed by atoms with E-state index >= 15 is 0 Å². The average molecular weight is 285 g/mol. The molecule has 0 bridgehead atoms. The molecule has 1 aromatic rings. The lowest BCUT2D eigenvalue weighted by atomic mass is 10.1. The maximum atomic E-state index is 6.02. The van der Waals surface area contributed by atoms with Crippen LogP contribution >= 0.6 is 15.9 Å². The molecule has 1 unspecified atom stereocenters. The van der Waals surface area contributed by atoms with Crippen LogP contribution in [0.4, 0.5) is 5.69 Å². The Morgan fingerprint density at radius 2 is 2.06 bits per heavy atom. The second-order valence-electron chi connectivity index (χ2n) is 4.07. The quantitative estimate of drug-likeness (QED) is 0.893. The summed E-state index contributed by atoms with van der Waals surface area (Å²) in [6.45, 7) is 8.52. The SMILES string of the molecule is CCCN(CC)c1ccc(Br)cc1C(C)N. The van der Waals surface area contributed by atoms with Crippen molar-refractivity contribution in [2.24, 2.45) is 5.73 Å². The molecule has 0 aliphatic carbocycles. The summed E-state index contributed by atoms with van der Waals surface area (Å²) in [4.78, 5) is 2.38. The van der Waals surface area contributed by atoms with Gasteiger partial charge in [0.05, 0.1) is 0 Å². The Bertz CT molecular complexity index is 337. The van der Waals surface area contributed by atoms with E-state index in [0.717, 1.165) is 24.0 Å². The number of halogens is 1. The zero-order chi connectivity index (χ0) is 12.1. The molecule has 0 heterocycles. The molecular weight excluding hydrogens is 264 g/mol. The molecule has 0 saturated heterocycles. The summed E-state index contributed by atoms with van der Waals surface area (Å²) in [7, 11) is 0. The van der Waals surface area contributed by atoms with Gasteiger partial charge in [0.15, 0.2) is 0 Å². The zero-order valence-corrected chi connectivity index (χ0v) is 11.9. The Morgan fingerprint density at radius 1 is 1.38 bits per heavy atom.